The van der Waals surface area contributed by atoms with Crippen LogP contribution < -0.4 is 0 Å². The van der Waals surface area contributed by atoms with Crippen LogP contribution in [-0.2, 0) is 0 Å². The van der Waals surface area contributed by atoms with Crippen molar-refractivity contribution in [1.82, 2.24) is 4.90 Å². The lowest BCUT2D eigenvalue weighted by Gasteiger charge is -2.58. The molecule has 0 aromatic heterocycles. The molecule has 0 amide bonds. The molecule has 0 aromatic carbocycles. The normalized spacial score (nSPS) is 30.7. The van der Waals surface area contributed by atoms with Gasteiger partial charge in [0, 0.05) is 19.1 Å². The number of hydrogen-bond donors (Lipinski definition) is 1. The van der Waals surface area contributed by atoms with Gasteiger partial charge in [-0.1, -0.05) is 6.42 Å². The van der Waals surface area contributed by atoms with Gasteiger partial charge in [-0.05, 0) is 38.5 Å². The maximum Gasteiger partial charge on any atom is 0.0526 e. The molecule has 0 bridgehead atoms. The fraction of sp³-hybridized carbons (Fsp3) is 1.00. The molecule has 0 radical (unpaired) electrons. The molecule has 1 aliphatic heterocycles. The third kappa shape index (κ3) is 1.75. The van der Waals surface area contributed by atoms with E-state index in [9.17, 15) is 5.11 Å². The Balaban J connectivity index is 1.72. The second-order valence-electron chi connectivity index (χ2n) is 5.19. The minimum absolute atomic E-state index is 0.145. The van der Waals surface area contributed by atoms with E-state index in [1.165, 1.54) is 32.4 Å². The summed E-state index contributed by atoms with van der Waals surface area (Å²) < 4.78 is 0. The first-order valence-corrected chi connectivity index (χ1v) is 5.53. The molecule has 1 saturated heterocycles. The summed E-state index contributed by atoms with van der Waals surface area (Å²) in [6, 6.07) is 0.575. The number of likely N-dealkylation sites (tertiary alicyclic amines) is 1. The van der Waals surface area contributed by atoms with Crippen molar-refractivity contribution in [1.29, 1.82) is 0 Å². The monoisotopic (exact) mass is 183 g/mol. The van der Waals surface area contributed by atoms with Gasteiger partial charge in [0.05, 0.1) is 6.10 Å². The summed E-state index contributed by atoms with van der Waals surface area (Å²) in [4.78, 5) is 2.52. The Kier molecular flexibility index (Phi) is 2.37. The number of hydrogen-bond acceptors (Lipinski definition) is 2. The fourth-order valence-corrected chi connectivity index (χ4v) is 2.76. The van der Waals surface area contributed by atoms with Gasteiger partial charge in [0.2, 0.25) is 0 Å². The summed E-state index contributed by atoms with van der Waals surface area (Å²) in [6.07, 6.45) is 5.12. The summed E-state index contributed by atoms with van der Waals surface area (Å²) >= 11 is 0. The van der Waals surface area contributed by atoms with Gasteiger partial charge in [0.25, 0.3) is 0 Å². The Morgan fingerprint density at radius 1 is 1.31 bits per heavy atom. The summed E-state index contributed by atoms with van der Waals surface area (Å²) in [7, 11) is 0. The van der Waals surface area contributed by atoms with Crippen molar-refractivity contribution in [2.45, 2.75) is 51.7 Å². The minimum Gasteiger partial charge on any atom is -0.393 e. The van der Waals surface area contributed by atoms with Crippen LogP contribution in [0.4, 0.5) is 0 Å². The van der Waals surface area contributed by atoms with Gasteiger partial charge in [-0.15, -0.1) is 0 Å². The van der Waals surface area contributed by atoms with Crippen molar-refractivity contribution < 1.29 is 5.11 Å². The molecule has 13 heavy (non-hydrogen) atoms. The minimum atomic E-state index is -0.145. The highest BCUT2D eigenvalue weighted by Gasteiger charge is 2.48. The van der Waals surface area contributed by atoms with Gasteiger partial charge >= 0.3 is 0 Å². The van der Waals surface area contributed by atoms with E-state index >= 15 is 0 Å². The predicted molar refractivity (Wildman–Crippen MR) is 53.6 cm³/mol. The van der Waals surface area contributed by atoms with Crippen LogP contribution in [0.5, 0.6) is 0 Å². The average molecular weight is 183 g/mol. The zero-order chi connectivity index (χ0) is 9.47. The SMILES string of the molecule is CC(O)CC(C)N1CC2(CCC2)C1. The van der Waals surface area contributed by atoms with Crippen LogP contribution in [-0.4, -0.2) is 35.2 Å². The van der Waals surface area contributed by atoms with Gasteiger partial charge in [0.15, 0.2) is 0 Å². The topological polar surface area (TPSA) is 23.5 Å². The standard InChI is InChI=1S/C11H21NO/c1-9(6-10(2)13)12-7-11(8-12)4-3-5-11/h9-10,13H,3-8H2,1-2H3. The van der Waals surface area contributed by atoms with Crippen LogP contribution >= 0.6 is 0 Å². The second-order valence-corrected chi connectivity index (χ2v) is 5.19. The zero-order valence-corrected chi connectivity index (χ0v) is 8.79. The molecule has 1 saturated carbocycles. The Morgan fingerprint density at radius 2 is 1.92 bits per heavy atom. The molecule has 76 valence electrons. The van der Waals surface area contributed by atoms with E-state index in [2.05, 4.69) is 11.8 Å². The quantitative estimate of drug-likeness (QED) is 0.719. The van der Waals surface area contributed by atoms with Crippen LogP contribution in [0.3, 0.4) is 0 Å². The molecule has 1 aliphatic carbocycles. The van der Waals surface area contributed by atoms with Crippen molar-refractivity contribution in [3.05, 3.63) is 0 Å². The molecule has 2 rings (SSSR count). The van der Waals surface area contributed by atoms with Crippen molar-refractivity contribution in [2.24, 2.45) is 5.41 Å². The van der Waals surface area contributed by atoms with Crippen LogP contribution in [0.1, 0.15) is 39.5 Å². The maximum atomic E-state index is 9.27. The molecule has 2 fully saturated rings. The van der Waals surface area contributed by atoms with Crippen LogP contribution in [0.25, 0.3) is 0 Å². The third-order valence-corrected chi connectivity index (χ3v) is 3.80. The van der Waals surface area contributed by atoms with Crippen molar-refractivity contribution in [2.75, 3.05) is 13.1 Å². The molecule has 2 atom stereocenters. The first-order chi connectivity index (χ1) is 6.11. The van der Waals surface area contributed by atoms with Crippen LogP contribution in [0.2, 0.25) is 0 Å². The van der Waals surface area contributed by atoms with Crippen molar-refractivity contribution in [3.8, 4) is 0 Å². The van der Waals surface area contributed by atoms with E-state index in [1.807, 2.05) is 6.92 Å². The molecule has 1 spiro atoms. The summed E-state index contributed by atoms with van der Waals surface area (Å²) in [6.45, 7) is 6.70. The predicted octanol–water partition coefficient (Wildman–Crippen LogP) is 1.63. The Labute approximate surface area is 80.9 Å². The fourth-order valence-electron chi connectivity index (χ4n) is 2.76. The van der Waals surface area contributed by atoms with E-state index in [0.717, 1.165) is 11.8 Å². The van der Waals surface area contributed by atoms with Gasteiger partial charge in [-0.25, -0.2) is 0 Å². The molecule has 2 unspecified atom stereocenters. The molecular weight excluding hydrogens is 162 g/mol. The molecular formula is C11H21NO. The maximum absolute atomic E-state index is 9.27. The summed E-state index contributed by atoms with van der Waals surface area (Å²) in [5.41, 5.74) is 0.729. The van der Waals surface area contributed by atoms with Gasteiger partial charge in [-0.3, -0.25) is 4.90 Å². The van der Waals surface area contributed by atoms with E-state index in [0.29, 0.717) is 6.04 Å². The number of nitrogens with zero attached hydrogens (tertiary/aromatic N) is 1. The largest absolute Gasteiger partial charge is 0.393 e. The highest BCUT2D eigenvalue weighted by Crippen LogP contribution is 2.48. The average Bonchev–Trinajstić information content (AvgIpc) is 1.77. The van der Waals surface area contributed by atoms with E-state index in [4.69, 9.17) is 0 Å². The van der Waals surface area contributed by atoms with Gasteiger partial charge in [-0.2, -0.15) is 0 Å². The number of aliphatic hydroxyl groups excluding tert-OH is 1. The van der Waals surface area contributed by atoms with E-state index < -0.39 is 0 Å². The van der Waals surface area contributed by atoms with Crippen LogP contribution in [0, 0.1) is 5.41 Å². The number of rotatable bonds is 3. The molecule has 2 nitrogen and oxygen atoms in total. The third-order valence-electron chi connectivity index (χ3n) is 3.80. The van der Waals surface area contributed by atoms with E-state index in [1.54, 1.807) is 0 Å². The number of aliphatic hydroxyl groups is 1. The van der Waals surface area contributed by atoms with Gasteiger partial charge < -0.3 is 5.11 Å². The Bertz CT molecular complexity index is 179. The molecule has 1 N–H and O–H groups in total. The van der Waals surface area contributed by atoms with Gasteiger partial charge in [0.1, 0.15) is 0 Å². The lowest BCUT2D eigenvalue weighted by molar-refractivity contribution is -0.0857. The lowest BCUT2D eigenvalue weighted by atomic mass is 9.63. The van der Waals surface area contributed by atoms with E-state index in [-0.39, 0.29) is 6.10 Å². The highest BCUT2D eigenvalue weighted by molar-refractivity contribution is 5.01. The highest BCUT2D eigenvalue weighted by atomic mass is 16.3. The first-order valence-electron chi connectivity index (χ1n) is 5.53. The Morgan fingerprint density at radius 3 is 2.31 bits per heavy atom. The smallest absolute Gasteiger partial charge is 0.0526 e. The molecule has 1 heterocycles. The molecule has 0 aromatic rings. The summed E-state index contributed by atoms with van der Waals surface area (Å²) in [5, 5.41) is 9.27. The van der Waals surface area contributed by atoms with Crippen LogP contribution in [0.15, 0.2) is 0 Å². The second kappa shape index (κ2) is 3.25. The van der Waals surface area contributed by atoms with Crippen molar-refractivity contribution in [3.63, 3.8) is 0 Å². The lowest BCUT2D eigenvalue weighted by Crippen LogP contribution is -2.62. The first kappa shape index (κ1) is 9.47. The molecule has 2 heteroatoms. The Hall–Kier alpha value is -0.0800. The summed E-state index contributed by atoms with van der Waals surface area (Å²) in [5.74, 6) is 0. The zero-order valence-electron chi connectivity index (χ0n) is 8.79. The molecule has 2 aliphatic rings. The van der Waals surface area contributed by atoms with Crippen molar-refractivity contribution >= 4 is 0 Å².